The predicted octanol–water partition coefficient (Wildman–Crippen LogP) is 1.62. The van der Waals surface area contributed by atoms with Gasteiger partial charge in [-0.05, 0) is 38.8 Å². The molecule has 1 aliphatic rings. The third kappa shape index (κ3) is 6.13. The normalized spacial score (nSPS) is 16.2. The van der Waals surface area contributed by atoms with E-state index in [-0.39, 0.29) is 0 Å². The summed E-state index contributed by atoms with van der Waals surface area (Å²) in [5.74, 6) is 0. The maximum atomic E-state index is 5.59. The summed E-state index contributed by atoms with van der Waals surface area (Å²) in [5, 5.41) is 0. The summed E-state index contributed by atoms with van der Waals surface area (Å²) in [6.07, 6.45) is 6.27. The summed E-state index contributed by atoms with van der Waals surface area (Å²) in [4.78, 5) is 2.54. The molecular formula is C12H26N2O. The number of rotatable bonds is 10. The summed E-state index contributed by atoms with van der Waals surface area (Å²) in [6, 6.07) is 0.839. The topological polar surface area (TPSA) is 38.5 Å². The molecule has 0 atom stereocenters. The van der Waals surface area contributed by atoms with Crippen molar-refractivity contribution in [3.63, 3.8) is 0 Å². The van der Waals surface area contributed by atoms with Gasteiger partial charge in [0, 0.05) is 19.2 Å². The van der Waals surface area contributed by atoms with Crippen LogP contribution in [0.3, 0.4) is 0 Å². The monoisotopic (exact) mass is 214 g/mol. The smallest absolute Gasteiger partial charge is 0.0593 e. The first-order valence-corrected chi connectivity index (χ1v) is 6.40. The highest BCUT2D eigenvalue weighted by atomic mass is 16.5. The van der Waals surface area contributed by atoms with E-state index in [0.29, 0.717) is 0 Å². The minimum Gasteiger partial charge on any atom is -0.380 e. The van der Waals surface area contributed by atoms with Crippen LogP contribution in [0.4, 0.5) is 0 Å². The molecule has 0 aromatic heterocycles. The fraction of sp³-hybridized carbons (Fsp3) is 1.00. The Labute approximate surface area is 94.0 Å². The number of ether oxygens (including phenoxy) is 1. The van der Waals surface area contributed by atoms with Gasteiger partial charge in [-0.2, -0.15) is 0 Å². The van der Waals surface area contributed by atoms with E-state index in [0.717, 1.165) is 45.3 Å². The molecule has 0 bridgehead atoms. The van der Waals surface area contributed by atoms with Crippen LogP contribution in [0.5, 0.6) is 0 Å². The van der Waals surface area contributed by atoms with E-state index in [1.165, 1.54) is 25.7 Å². The Hall–Kier alpha value is -0.120. The highest BCUT2D eigenvalue weighted by Crippen LogP contribution is 2.26. The zero-order valence-electron chi connectivity index (χ0n) is 10.1. The molecule has 90 valence electrons. The Kier molecular flexibility index (Phi) is 6.98. The summed E-state index contributed by atoms with van der Waals surface area (Å²) in [7, 11) is 0. The average Bonchev–Trinajstić information content (AvgIpc) is 3.06. The van der Waals surface area contributed by atoms with E-state index in [2.05, 4.69) is 11.8 Å². The van der Waals surface area contributed by atoms with Crippen LogP contribution in [0.2, 0.25) is 0 Å². The fourth-order valence-electron chi connectivity index (χ4n) is 1.74. The lowest BCUT2D eigenvalue weighted by Crippen LogP contribution is -2.32. The highest BCUT2D eigenvalue weighted by molar-refractivity contribution is 4.84. The largest absolute Gasteiger partial charge is 0.380 e. The Balaban J connectivity index is 1.98. The molecule has 3 heteroatoms. The second-order valence-corrected chi connectivity index (χ2v) is 4.38. The SMILES string of the molecule is CCCCOCCN(CCCN)C1CC1. The number of nitrogens with zero attached hydrogens (tertiary/aromatic N) is 1. The number of nitrogens with two attached hydrogens (primary N) is 1. The molecule has 15 heavy (non-hydrogen) atoms. The van der Waals surface area contributed by atoms with Crippen molar-refractivity contribution in [2.24, 2.45) is 5.73 Å². The van der Waals surface area contributed by atoms with Gasteiger partial charge in [0.25, 0.3) is 0 Å². The molecule has 0 radical (unpaired) electrons. The summed E-state index contributed by atoms with van der Waals surface area (Å²) in [6.45, 7) is 7.06. The van der Waals surface area contributed by atoms with Crippen molar-refractivity contribution in [3.05, 3.63) is 0 Å². The standard InChI is InChI=1S/C12H26N2O/c1-2-3-10-15-11-9-14(8-4-7-13)12-5-6-12/h12H,2-11,13H2,1H3. The lowest BCUT2D eigenvalue weighted by molar-refractivity contribution is 0.0986. The van der Waals surface area contributed by atoms with Gasteiger partial charge in [-0.3, -0.25) is 4.90 Å². The van der Waals surface area contributed by atoms with Gasteiger partial charge in [0.15, 0.2) is 0 Å². The molecule has 0 aromatic rings. The molecule has 0 saturated heterocycles. The molecule has 2 N–H and O–H groups in total. The molecule has 3 nitrogen and oxygen atoms in total. The average molecular weight is 214 g/mol. The minimum atomic E-state index is 0.805. The molecule has 1 saturated carbocycles. The van der Waals surface area contributed by atoms with Crippen molar-refractivity contribution in [2.45, 2.75) is 45.1 Å². The van der Waals surface area contributed by atoms with Crippen LogP contribution in [0.1, 0.15) is 39.0 Å². The third-order valence-corrected chi connectivity index (χ3v) is 2.88. The van der Waals surface area contributed by atoms with Gasteiger partial charge in [-0.1, -0.05) is 13.3 Å². The van der Waals surface area contributed by atoms with Gasteiger partial charge in [0.05, 0.1) is 6.61 Å². The number of unbranched alkanes of at least 4 members (excludes halogenated alkanes) is 1. The zero-order valence-corrected chi connectivity index (χ0v) is 10.1. The van der Waals surface area contributed by atoms with Crippen LogP contribution in [-0.2, 0) is 4.74 Å². The molecule has 0 unspecified atom stereocenters. The molecule has 1 rings (SSSR count). The molecule has 0 aliphatic heterocycles. The molecule has 0 heterocycles. The summed E-state index contributed by atoms with van der Waals surface area (Å²) in [5.41, 5.74) is 5.53. The maximum absolute atomic E-state index is 5.59. The molecular weight excluding hydrogens is 188 g/mol. The summed E-state index contributed by atoms with van der Waals surface area (Å²) >= 11 is 0. The number of hydrogen-bond donors (Lipinski definition) is 1. The van der Waals surface area contributed by atoms with Gasteiger partial charge in [0.1, 0.15) is 0 Å². The van der Waals surface area contributed by atoms with Gasteiger partial charge in [0.2, 0.25) is 0 Å². The zero-order chi connectivity index (χ0) is 10.9. The highest BCUT2D eigenvalue weighted by Gasteiger charge is 2.27. The molecule has 0 aromatic carbocycles. The van der Waals surface area contributed by atoms with Gasteiger partial charge in [-0.15, -0.1) is 0 Å². The quantitative estimate of drug-likeness (QED) is 0.562. The van der Waals surface area contributed by atoms with Crippen molar-refractivity contribution < 1.29 is 4.74 Å². The second kappa shape index (κ2) is 8.08. The van der Waals surface area contributed by atoms with Crippen molar-refractivity contribution in [1.29, 1.82) is 0 Å². The van der Waals surface area contributed by atoms with E-state index in [9.17, 15) is 0 Å². The van der Waals surface area contributed by atoms with Gasteiger partial charge < -0.3 is 10.5 Å². The number of hydrogen-bond acceptors (Lipinski definition) is 3. The van der Waals surface area contributed by atoms with Crippen LogP contribution in [0, 0.1) is 0 Å². The van der Waals surface area contributed by atoms with Gasteiger partial charge >= 0.3 is 0 Å². The minimum absolute atomic E-state index is 0.805. The van der Waals surface area contributed by atoms with Crippen LogP contribution < -0.4 is 5.73 Å². The van der Waals surface area contributed by atoms with Crippen molar-refractivity contribution in [1.82, 2.24) is 4.90 Å². The summed E-state index contributed by atoms with van der Waals surface area (Å²) < 4.78 is 5.59. The van der Waals surface area contributed by atoms with Gasteiger partial charge in [-0.25, -0.2) is 0 Å². The Morgan fingerprint density at radius 3 is 2.60 bits per heavy atom. The first-order valence-electron chi connectivity index (χ1n) is 6.40. The Morgan fingerprint density at radius 1 is 1.20 bits per heavy atom. The fourth-order valence-corrected chi connectivity index (χ4v) is 1.74. The first-order chi connectivity index (χ1) is 7.38. The molecule has 0 amide bonds. The molecule has 1 fully saturated rings. The molecule has 1 aliphatic carbocycles. The van der Waals surface area contributed by atoms with Crippen molar-refractivity contribution >= 4 is 0 Å². The maximum Gasteiger partial charge on any atom is 0.0593 e. The van der Waals surface area contributed by atoms with Crippen LogP contribution in [-0.4, -0.2) is 43.8 Å². The van der Waals surface area contributed by atoms with Crippen molar-refractivity contribution in [2.75, 3.05) is 32.8 Å². The van der Waals surface area contributed by atoms with E-state index in [1.807, 2.05) is 0 Å². The van der Waals surface area contributed by atoms with E-state index in [4.69, 9.17) is 10.5 Å². The first kappa shape index (κ1) is 12.9. The van der Waals surface area contributed by atoms with Crippen molar-refractivity contribution in [3.8, 4) is 0 Å². The Bertz CT molecular complexity index is 149. The van der Waals surface area contributed by atoms with E-state index in [1.54, 1.807) is 0 Å². The third-order valence-electron chi connectivity index (χ3n) is 2.88. The van der Waals surface area contributed by atoms with Crippen LogP contribution >= 0.6 is 0 Å². The Morgan fingerprint density at radius 2 is 2.00 bits per heavy atom. The van der Waals surface area contributed by atoms with E-state index >= 15 is 0 Å². The second-order valence-electron chi connectivity index (χ2n) is 4.38. The van der Waals surface area contributed by atoms with Crippen LogP contribution in [0.25, 0.3) is 0 Å². The lowest BCUT2D eigenvalue weighted by Gasteiger charge is -2.21. The lowest BCUT2D eigenvalue weighted by atomic mass is 10.3. The molecule has 0 spiro atoms. The predicted molar refractivity (Wildman–Crippen MR) is 64.0 cm³/mol. The van der Waals surface area contributed by atoms with Crippen LogP contribution in [0.15, 0.2) is 0 Å². The van der Waals surface area contributed by atoms with E-state index < -0.39 is 0 Å².